The van der Waals surface area contributed by atoms with Crippen molar-refractivity contribution in [1.29, 1.82) is 0 Å². The van der Waals surface area contributed by atoms with Gasteiger partial charge >= 0.3 is 0 Å². The molecule has 0 aromatic heterocycles. The Morgan fingerprint density at radius 2 is 2.05 bits per heavy atom. The van der Waals surface area contributed by atoms with E-state index in [9.17, 15) is 0 Å². The highest BCUT2D eigenvalue weighted by atomic mass is 35.5. The van der Waals surface area contributed by atoms with Crippen LogP contribution in [-0.2, 0) is 0 Å². The van der Waals surface area contributed by atoms with E-state index >= 15 is 0 Å². The minimum atomic E-state index is -0.00278. The van der Waals surface area contributed by atoms with E-state index in [1.165, 1.54) is 0 Å². The summed E-state index contributed by atoms with van der Waals surface area (Å²) >= 11 is 12.1. The van der Waals surface area contributed by atoms with Crippen molar-refractivity contribution in [3.8, 4) is 0 Å². The fraction of sp³-hybridized carbons (Fsp3) is 0.533. The van der Waals surface area contributed by atoms with Gasteiger partial charge < -0.3 is 15.7 Å². The van der Waals surface area contributed by atoms with E-state index in [4.69, 9.17) is 28.3 Å². The third-order valence-corrected chi connectivity index (χ3v) is 3.56. The number of hydrogen-bond acceptors (Lipinski definition) is 2. The van der Waals surface area contributed by atoms with Gasteiger partial charge in [-0.05, 0) is 37.5 Å². The normalized spacial score (nSPS) is 14.7. The summed E-state index contributed by atoms with van der Waals surface area (Å²) in [7, 11) is 0. The van der Waals surface area contributed by atoms with Crippen LogP contribution < -0.4 is 10.6 Å². The quantitative estimate of drug-likeness (QED) is 0.554. The number of aliphatic hydroxyl groups excluding tert-OH is 1. The van der Waals surface area contributed by atoms with Crippen molar-refractivity contribution in [3.63, 3.8) is 0 Å². The number of aliphatic imine (C=N–C) groups is 1. The summed E-state index contributed by atoms with van der Waals surface area (Å²) in [6.45, 7) is 7.42. The minimum Gasteiger partial charge on any atom is -0.396 e. The molecule has 0 bridgehead atoms. The molecule has 0 aliphatic carbocycles. The summed E-state index contributed by atoms with van der Waals surface area (Å²) in [5.74, 6) is 0.839. The molecule has 0 spiro atoms. The van der Waals surface area contributed by atoms with Crippen LogP contribution in [0.25, 0.3) is 0 Å². The van der Waals surface area contributed by atoms with Crippen LogP contribution in [0.1, 0.15) is 32.4 Å². The third kappa shape index (κ3) is 6.12. The summed E-state index contributed by atoms with van der Waals surface area (Å²) in [5, 5.41) is 16.8. The van der Waals surface area contributed by atoms with Crippen LogP contribution in [0.3, 0.4) is 0 Å². The van der Waals surface area contributed by atoms with Crippen molar-refractivity contribution in [3.05, 3.63) is 33.8 Å². The Morgan fingerprint density at radius 1 is 1.33 bits per heavy atom. The Kier molecular flexibility index (Phi) is 7.86. The zero-order chi connectivity index (χ0) is 15.8. The molecule has 0 saturated heterocycles. The van der Waals surface area contributed by atoms with E-state index < -0.39 is 0 Å². The lowest BCUT2D eigenvalue weighted by Crippen LogP contribution is -2.39. The first-order chi connectivity index (χ1) is 9.97. The second-order valence-electron chi connectivity index (χ2n) is 5.04. The highest BCUT2D eigenvalue weighted by molar-refractivity contribution is 6.35. The number of aliphatic hydroxyl groups is 1. The fourth-order valence-corrected chi connectivity index (χ4v) is 2.33. The molecule has 0 saturated carbocycles. The molecular weight excluding hydrogens is 309 g/mol. The molecule has 1 aromatic carbocycles. The van der Waals surface area contributed by atoms with Gasteiger partial charge in [0.25, 0.3) is 0 Å². The number of guanidine groups is 1. The van der Waals surface area contributed by atoms with Gasteiger partial charge in [-0.2, -0.15) is 0 Å². The predicted octanol–water partition coefficient (Wildman–Crippen LogP) is 3.24. The molecule has 3 N–H and O–H groups in total. The summed E-state index contributed by atoms with van der Waals surface area (Å²) in [6, 6.07) is 5.45. The molecule has 1 aromatic rings. The maximum absolute atomic E-state index is 9.06. The van der Waals surface area contributed by atoms with Crippen LogP contribution in [0, 0.1) is 5.92 Å². The summed E-state index contributed by atoms with van der Waals surface area (Å²) < 4.78 is 0. The molecule has 0 radical (unpaired) electrons. The van der Waals surface area contributed by atoms with Gasteiger partial charge in [-0.15, -0.1) is 0 Å². The predicted molar refractivity (Wildman–Crippen MR) is 90.2 cm³/mol. The van der Waals surface area contributed by atoms with E-state index in [0.717, 1.165) is 12.1 Å². The van der Waals surface area contributed by atoms with Crippen LogP contribution in [0.15, 0.2) is 23.2 Å². The van der Waals surface area contributed by atoms with Crippen molar-refractivity contribution < 1.29 is 5.11 Å². The molecule has 0 fully saturated rings. The van der Waals surface area contributed by atoms with Crippen molar-refractivity contribution in [2.45, 2.75) is 26.8 Å². The molecule has 118 valence electrons. The molecule has 0 amide bonds. The van der Waals surface area contributed by atoms with Crippen molar-refractivity contribution in [2.24, 2.45) is 10.9 Å². The average Bonchev–Trinajstić information content (AvgIpc) is 2.44. The third-order valence-electron chi connectivity index (χ3n) is 3.00. The van der Waals surface area contributed by atoms with Crippen LogP contribution >= 0.6 is 23.2 Å². The molecule has 21 heavy (non-hydrogen) atoms. The maximum Gasteiger partial charge on any atom is 0.191 e. The van der Waals surface area contributed by atoms with E-state index in [1.54, 1.807) is 6.07 Å². The van der Waals surface area contributed by atoms with Gasteiger partial charge in [0, 0.05) is 29.7 Å². The molecule has 1 rings (SSSR count). The van der Waals surface area contributed by atoms with E-state index in [0.29, 0.717) is 22.5 Å². The van der Waals surface area contributed by atoms with Crippen LogP contribution in [-0.4, -0.2) is 30.8 Å². The van der Waals surface area contributed by atoms with Gasteiger partial charge in [0.2, 0.25) is 0 Å². The number of benzene rings is 1. The summed E-state index contributed by atoms with van der Waals surface area (Å²) in [4.78, 5) is 4.46. The molecule has 2 atom stereocenters. The smallest absolute Gasteiger partial charge is 0.191 e. The first-order valence-corrected chi connectivity index (χ1v) is 7.84. The highest BCUT2D eigenvalue weighted by Gasteiger charge is 2.12. The summed E-state index contributed by atoms with van der Waals surface area (Å²) in [5.41, 5.74) is 0.960. The zero-order valence-electron chi connectivity index (χ0n) is 12.7. The lowest BCUT2D eigenvalue weighted by Gasteiger charge is -2.19. The SMILES string of the molecule is CCNC(=NCC(C)CO)NC(C)c1ccc(Cl)cc1Cl. The van der Waals surface area contributed by atoms with Gasteiger partial charge in [-0.25, -0.2) is 0 Å². The first kappa shape index (κ1) is 18.1. The Labute approximate surface area is 136 Å². The van der Waals surface area contributed by atoms with E-state index in [1.807, 2.05) is 32.9 Å². The molecule has 4 nitrogen and oxygen atoms in total. The fourth-order valence-electron chi connectivity index (χ4n) is 1.76. The molecule has 0 aliphatic heterocycles. The Hall–Kier alpha value is -0.970. The van der Waals surface area contributed by atoms with Gasteiger partial charge in [0.1, 0.15) is 0 Å². The zero-order valence-corrected chi connectivity index (χ0v) is 14.2. The lowest BCUT2D eigenvalue weighted by molar-refractivity contribution is 0.241. The number of nitrogens with zero attached hydrogens (tertiary/aromatic N) is 1. The molecular formula is C15H23Cl2N3O. The van der Waals surface area contributed by atoms with E-state index in [2.05, 4.69) is 15.6 Å². The van der Waals surface area contributed by atoms with Crippen LogP contribution in [0.5, 0.6) is 0 Å². The van der Waals surface area contributed by atoms with Crippen molar-refractivity contribution in [2.75, 3.05) is 19.7 Å². The average molecular weight is 332 g/mol. The Bertz CT molecular complexity index is 480. The van der Waals surface area contributed by atoms with Gasteiger partial charge in [-0.1, -0.05) is 36.2 Å². The molecule has 2 unspecified atom stereocenters. The first-order valence-electron chi connectivity index (χ1n) is 7.08. The summed E-state index contributed by atoms with van der Waals surface area (Å²) in [6.07, 6.45) is 0. The van der Waals surface area contributed by atoms with Crippen molar-refractivity contribution >= 4 is 29.2 Å². The Morgan fingerprint density at radius 3 is 2.62 bits per heavy atom. The van der Waals surface area contributed by atoms with Crippen LogP contribution in [0.4, 0.5) is 0 Å². The largest absolute Gasteiger partial charge is 0.396 e. The maximum atomic E-state index is 9.06. The van der Waals surface area contributed by atoms with Crippen LogP contribution in [0.2, 0.25) is 10.0 Å². The molecule has 0 heterocycles. The second-order valence-corrected chi connectivity index (χ2v) is 5.88. The lowest BCUT2D eigenvalue weighted by atomic mass is 10.1. The van der Waals surface area contributed by atoms with Gasteiger partial charge in [-0.3, -0.25) is 4.99 Å². The Balaban J connectivity index is 2.77. The number of hydrogen-bond donors (Lipinski definition) is 3. The standard InChI is InChI=1S/C15H23Cl2N3O/c1-4-18-15(19-8-10(2)9-21)20-11(3)13-6-5-12(16)7-14(13)17/h5-7,10-11,21H,4,8-9H2,1-3H3,(H2,18,19,20). The second kappa shape index (κ2) is 9.13. The minimum absolute atomic E-state index is 0.00278. The monoisotopic (exact) mass is 331 g/mol. The van der Waals surface area contributed by atoms with Crippen molar-refractivity contribution in [1.82, 2.24) is 10.6 Å². The number of halogens is 2. The topological polar surface area (TPSA) is 56.7 Å². The number of rotatable bonds is 6. The van der Waals surface area contributed by atoms with Gasteiger partial charge in [0.05, 0.1) is 6.04 Å². The number of nitrogens with one attached hydrogen (secondary N) is 2. The molecule has 0 aliphatic rings. The highest BCUT2D eigenvalue weighted by Crippen LogP contribution is 2.25. The van der Waals surface area contributed by atoms with E-state index in [-0.39, 0.29) is 18.6 Å². The van der Waals surface area contributed by atoms with Gasteiger partial charge in [0.15, 0.2) is 5.96 Å². The molecule has 6 heteroatoms.